The average molecular weight is 783 g/mol. The van der Waals surface area contributed by atoms with Crippen LogP contribution < -0.4 is 70.0 Å². The van der Waals surface area contributed by atoms with Gasteiger partial charge >= 0.3 is 59.1 Å². The van der Waals surface area contributed by atoms with Crippen LogP contribution in [-0.2, 0) is 25.0 Å². The minimum absolute atomic E-state index is 0. The molecule has 260 valence electrons. The number of azo groups is 1. The zero-order valence-electron chi connectivity index (χ0n) is 26.9. The van der Waals surface area contributed by atoms with Crippen molar-refractivity contribution in [1.29, 1.82) is 0 Å². The van der Waals surface area contributed by atoms with Crippen molar-refractivity contribution in [2.45, 2.75) is 4.90 Å². The number of carbonyl (C=O) groups is 2. The van der Waals surface area contributed by atoms with Gasteiger partial charge in [-0.2, -0.15) is 10.2 Å². The molecule has 53 heavy (non-hydrogen) atoms. The molecule has 0 atom stereocenters. The molecule has 0 saturated heterocycles. The zero-order chi connectivity index (χ0) is 37.2. The summed E-state index contributed by atoms with van der Waals surface area (Å²) in [6.07, 6.45) is 2.19. The van der Waals surface area contributed by atoms with Gasteiger partial charge in [0.15, 0.2) is 0 Å². The maximum Gasteiger partial charge on any atom is 1.00 e. The number of nitrogens with zero attached hydrogens (tertiary/aromatic N) is 6. The fourth-order valence-corrected chi connectivity index (χ4v) is 5.50. The number of aliphatic hydroxyl groups excluding tert-OH is 1. The molecule has 5 rings (SSSR count). The summed E-state index contributed by atoms with van der Waals surface area (Å²) in [5, 5.41) is 47.2. The second kappa shape index (κ2) is 16.9. The summed E-state index contributed by atoms with van der Waals surface area (Å²) >= 11 is 0. The van der Waals surface area contributed by atoms with Gasteiger partial charge in [0.2, 0.25) is 11.6 Å². The van der Waals surface area contributed by atoms with Crippen LogP contribution in [0.1, 0.15) is 15.9 Å². The van der Waals surface area contributed by atoms with Gasteiger partial charge in [0.1, 0.15) is 43.1 Å². The molecule has 0 heterocycles. The maximum absolute atomic E-state index is 13.7. The Bertz CT molecular complexity index is 2460. The predicted octanol–water partition coefficient (Wildman–Crippen LogP) is -2.57. The van der Waals surface area contributed by atoms with E-state index in [1.54, 1.807) is 0 Å². The van der Waals surface area contributed by atoms with Crippen LogP contribution in [0.3, 0.4) is 0 Å². The topological polar surface area (TPSA) is 329 Å². The van der Waals surface area contributed by atoms with E-state index in [-0.39, 0.29) is 87.6 Å². The summed E-state index contributed by atoms with van der Waals surface area (Å²) in [6.45, 7) is 0. The minimum atomic E-state index is -5.50. The van der Waals surface area contributed by atoms with Crippen molar-refractivity contribution in [1.82, 2.24) is 0 Å². The summed E-state index contributed by atoms with van der Waals surface area (Å²) < 4.78 is 72.4. The van der Waals surface area contributed by atoms with Gasteiger partial charge in [0, 0.05) is 36.4 Å². The van der Waals surface area contributed by atoms with Gasteiger partial charge in [0.05, 0.1) is 42.3 Å². The molecule has 0 amide bonds. The van der Waals surface area contributed by atoms with Crippen molar-refractivity contribution >= 4 is 77.7 Å². The first kappa shape index (κ1) is 42.6. The third kappa shape index (κ3) is 9.99. The number of hydrazone groups is 2. The van der Waals surface area contributed by atoms with E-state index in [0.717, 1.165) is 42.5 Å². The van der Waals surface area contributed by atoms with E-state index in [2.05, 4.69) is 31.3 Å². The van der Waals surface area contributed by atoms with Gasteiger partial charge in [-0.3, -0.25) is 40.7 Å². The number of hydrogen-bond acceptors (Lipinski definition) is 19. The Morgan fingerprint density at radius 3 is 1.72 bits per heavy atom. The molecule has 0 spiro atoms. The Hall–Kier alpha value is -4.82. The summed E-state index contributed by atoms with van der Waals surface area (Å²) in [7, 11) is -10.8. The monoisotopic (exact) mass is 782 g/mol. The smallest absolute Gasteiger partial charge is 0.744 e. The molecule has 0 saturated carbocycles. The Balaban J connectivity index is 0.00000378. The summed E-state index contributed by atoms with van der Waals surface area (Å²) in [5.74, 6) is -2.91. The number of rotatable bonds is 10. The van der Waals surface area contributed by atoms with Crippen LogP contribution in [-0.4, -0.2) is 63.9 Å². The van der Waals surface area contributed by atoms with Gasteiger partial charge in [-0.05, 0) is 48.0 Å². The van der Waals surface area contributed by atoms with Crippen LogP contribution in [0.5, 0.6) is 0 Å². The van der Waals surface area contributed by atoms with Crippen LogP contribution in [0.15, 0.2) is 115 Å². The van der Waals surface area contributed by atoms with E-state index < -0.39 is 85.4 Å². The van der Waals surface area contributed by atoms with Crippen molar-refractivity contribution in [3.63, 3.8) is 0 Å². The Kier molecular flexibility index (Phi) is 13.6. The van der Waals surface area contributed by atoms with Gasteiger partial charge < -0.3 is 14.2 Å². The first-order chi connectivity index (χ1) is 23.9. The van der Waals surface area contributed by atoms with Crippen molar-refractivity contribution in [2.24, 2.45) is 20.4 Å². The van der Waals surface area contributed by atoms with Crippen molar-refractivity contribution in [2.75, 3.05) is 10.9 Å². The van der Waals surface area contributed by atoms with Crippen molar-refractivity contribution in [3.05, 3.63) is 121 Å². The number of benzene rings is 3. The predicted molar refractivity (Wildman–Crippen MR) is 173 cm³/mol. The molecule has 3 aromatic carbocycles. The molecular formula is C28H16N8Na2O13S2. The van der Waals surface area contributed by atoms with Gasteiger partial charge in [0.25, 0.3) is 11.4 Å². The molecule has 0 aromatic heterocycles. The zero-order valence-corrected chi connectivity index (χ0v) is 32.5. The molecule has 25 heteroatoms. The van der Waals surface area contributed by atoms with Crippen molar-refractivity contribution in [3.8, 4) is 0 Å². The third-order valence-corrected chi connectivity index (χ3v) is 8.38. The van der Waals surface area contributed by atoms with Crippen LogP contribution in [0.25, 0.3) is 6.08 Å². The quantitative estimate of drug-likeness (QED) is 0.0475. The number of fused-ring (bicyclic) bond motifs is 1. The number of allylic oxidation sites excluding steroid dienone is 3. The Morgan fingerprint density at radius 2 is 1.23 bits per heavy atom. The molecule has 0 fully saturated rings. The van der Waals surface area contributed by atoms with E-state index >= 15 is 0 Å². The number of Topliss-reactive ketones (excluding diaryl/α,β-unsaturated/α-hetero) is 1. The van der Waals surface area contributed by atoms with Gasteiger partial charge in [-0.25, -0.2) is 16.8 Å². The number of nitro benzene ring substituents is 2. The Morgan fingerprint density at radius 1 is 0.698 bits per heavy atom. The summed E-state index contributed by atoms with van der Waals surface area (Å²) in [4.78, 5) is 44.4. The fourth-order valence-electron chi connectivity index (χ4n) is 4.33. The molecular weight excluding hydrogens is 766 g/mol. The first-order valence-electron chi connectivity index (χ1n) is 13.5. The van der Waals surface area contributed by atoms with Crippen LogP contribution in [0, 0.1) is 20.2 Å². The van der Waals surface area contributed by atoms with E-state index in [1.165, 1.54) is 12.1 Å². The molecule has 21 nitrogen and oxygen atoms in total. The number of nitro groups is 2. The molecule has 0 bridgehead atoms. The van der Waals surface area contributed by atoms with Crippen LogP contribution >= 0.6 is 0 Å². The molecule has 0 unspecified atom stereocenters. The Labute approximate surface area is 341 Å². The van der Waals surface area contributed by atoms with Crippen molar-refractivity contribution < 1.29 is 110 Å². The van der Waals surface area contributed by atoms with Gasteiger partial charge in [-0.1, -0.05) is 0 Å². The normalized spacial score (nSPS) is 15.8. The standard InChI is InChI=1S/C28H18N8O13S2.2Na/c37-23-13-24(38)21(12-20(23)31-29-15-1-5-17(6-2-15)35(40)41)32-33-22-11-19(50(44,45)46)9-14-10-25(51(47,48)49)27(28(39)26(14)22)34-30-16-3-7-18(8-4-16)36(42)43;;/h1-13,29-30,38H,(H,44,45,46)(H,47,48,49);;/q;2*+1/p-2. The average Bonchev–Trinajstić information content (AvgIpc) is 3.06. The van der Waals surface area contributed by atoms with E-state index in [1.807, 2.05) is 0 Å². The first-order valence-corrected chi connectivity index (χ1v) is 16.4. The molecule has 2 aliphatic carbocycles. The number of anilines is 2. The molecule has 2 aliphatic rings. The largest absolute Gasteiger partial charge is 1.00 e. The van der Waals surface area contributed by atoms with Crippen LogP contribution in [0.4, 0.5) is 28.4 Å². The summed E-state index contributed by atoms with van der Waals surface area (Å²) in [5.41, 5.74) is 0.821. The second-order valence-corrected chi connectivity index (χ2v) is 12.8. The molecule has 0 radical (unpaired) electrons. The van der Waals surface area contributed by atoms with E-state index in [9.17, 15) is 60.9 Å². The van der Waals surface area contributed by atoms with E-state index in [4.69, 9.17) is 0 Å². The molecule has 3 N–H and O–H groups in total. The molecule has 3 aromatic rings. The van der Waals surface area contributed by atoms with Gasteiger partial charge in [-0.15, -0.1) is 10.2 Å². The number of ketones is 2. The molecule has 0 aliphatic heterocycles. The summed E-state index contributed by atoms with van der Waals surface area (Å²) in [6, 6.07) is 10.6. The number of carbonyl (C=O) groups excluding carboxylic acids is 2. The van der Waals surface area contributed by atoms with E-state index in [0.29, 0.717) is 24.3 Å². The number of hydrogen-bond donors (Lipinski definition) is 3. The number of aliphatic hydroxyl groups is 1. The number of non-ortho nitro benzene ring substituents is 2. The second-order valence-electron chi connectivity index (χ2n) is 10.1. The third-order valence-electron chi connectivity index (χ3n) is 6.72. The van der Waals surface area contributed by atoms with Crippen LogP contribution in [0.2, 0.25) is 0 Å². The minimum Gasteiger partial charge on any atom is -0.744 e. The fraction of sp³-hybridized carbons (Fsp3) is 0. The SMILES string of the molecule is O=C1C=C(O)C(N=Nc2cc(S(=O)(=O)[O-])cc3c2C(=O)C(=NNc2ccc([N+](=O)[O-])cc2)C(S(=O)(=O)[O-])=C3)=CC1=NNc1ccc([N+](=O)[O-])cc1.[Na+].[Na+]. The number of nitrogens with one attached hydrogen (secondary N) is 2. The maximum atomic E-state index is 13.7.